The van der Waals surface area contributed by atoms with Gasteiger partial charge in [-0.3, -0.25) is 24.0 Å². The average molecular weight is 624 g/mol. The zero-order valence-corrected chi connectivity index (χ0v) is 26.0. The minimum absolute atomic E-state index is 0.129. The van der Waals surface area contributed by atoms with E-state index in [1.165, 1.54) is 22.0 Å². The molecule has 0 radical (unpaired) electrons. The number of fused-ring (bicyclic) bond motifs is 1. The molecule has 0 N–H and O–H groups in total. The smallest absolute Gasteiger partial charge is 0.339 e. The molecule has 0 aliphatic carbocycles. The van der Waals surface area contributed by atoms with E-state index in [2.05, 4.69) is 4.99 Å². The van der Waals surface area contributed by atoms with Gasteiger partial charge < -0.3 is 9.64 Å². The quantitative estimate of drug-likeness (QED) is 0.251. The summed E-state index contributed by atoms with van der Waals surface area (Å²) >= 11 is 1.23. The number of ether oxygens (including phenoxy) is 1. The zero-order chi connectivity index (χ0) is 31.5. The third kappa shape index (κ3) is 6.15. The Bertz CT molecular complexity index is 1820. The first kappa shape index (κ1) is 31.4. The second kappa shape index (κ2) is 13.3. The van der Waals surface area contributed by atoms with Crippen molar-refractivity contribution in [1.82, 2.24) is 18.9 Å². The van der Waals surface area contributed by atoms with Crippen molar-refractivity contribution in [1.29, 1.82) is 0 Å². The standard InChI is InChI=1S/C32H35F2N5O4S/c1-5-22(40)17-20-9-11-21(12-10-20)28-24(18-36(2)15-16-43-4)27-29(41)39(31-35-13-14-37(31)3)32(42)38(30(27)44-28)19-23-25(33)7-6-8-26(23)34/h6-12H,5,13-19H2,1-4H3. The molecule has 12 heteroatoms. The summed E-state index contributed by atoms with van der Waals surface area (Å²) in [5, 5.41) is 0.291. The molecule has 4 aromatic rings. The van der Waals surface area contributed by atoms with Crippen molar-refractivity contribution in [2.75, 3.05) is 47.4 Å². The lowest BCUT2D eigenvalue weighted by Crippen LogP contribution is -2.48. The Kier molecular flexibility index (Phi) is 9.52. The van der Waals surface area contributed by atoms with Crippen molar-refractivity contribution in [2.24, 2.45) is 4.99 Å². The molecular weight excluding hydrogens is 588 g/mol. The Morgan fingerprint density at radius 3 is 2.41 bits per heavy atom. The van der Waals surface area contributed by atoms with Gasteiger partial charge in [0, 0.05) is 57.1 Å². The van der Waals surface area contributed by atoms with Gasteiger partial charge in [-0.15, -0.1) is 11.3 Å². The lowest BCUT2D eigenvalue weighted by molar-refractivity contribution is -0.118. The molecule has 232 valence electrons. The van der Waals surface area contributed by atoms with Crippen molar-refractivity contribution in [2.45, 2.75) is 32.9 Å². The Labute approximate surface area is 257 Å². The highest BCUT2D eigenvalue weighted by molar-refractivity contribution is 7.22. The van der Waals surface area contributed by atoms with Crippen molar-refractivity contribution in [3.05, 3.63) is 91.6 Å². The number of hydrogen-bond donors (Lipinski definition) is 0. The summed E-state index contributed by atoms with van der Waals surface area (Å²) in [6, 6.07) is 11.1. The molecule has 0 amide bonds. The first-order valence-corrected chi connectivity index (χ1v) is 15.2. The molecule has 2 aromatic heterocycles. The maximum atomic E-state index is 14.9. The van der Waals surface area contributed by atoms with E-state index in [1.807, 2.05) is 43.1 Å². The molecule has 0 unspecified atom stereocenters. The summed E-state index contributed by atoms with van der Waals surface area (Å²) in [5.74, 6) is -1.25. The van der Waals surface area contributed by atoms with Gasteiger partial charge in [0.05, 0.1) is 25.1 Å². The van der Waals surface area contributed by atoms with Gasteiger partial charge in [-0.05, 0) is 35.9 Å². The number of methoxy groups -OCH3 is 1. The Morgan fingerprint density at radius 2 is 1.80 bits per heavy atom. The molecule has 2 aromatic carbocycles. The number of thiophene rings is 1. The molecule has 0 spiro atoms. The Balaban J connectivity index is 1.79. The van der Waals surface area contributed by atoms with E-state index in [4.69, 9.17) is 4.74 Å². The lowest BCUT2D eigenvalue weighted by Gasteiger charge is -2.19. The third-order valence-electron chi connectivity index (χ3n) is 7.80. The largest absolute Gasteiger partial charge is 0.383 e. The number of rotatable bonds is 11. The number of carbonyl (C=O) groups is 1. The van der Waals surface area contributed by atoms with Crippen molar-refractivity contribution < 1.29 is 18.3 Å². The van der Waals surface area contributed by atoms with Crippen LogP contribution in [0.2, 0.25) is 0 Å². The van der Waals surface area contributed by atoms with Crippen molar-refractivity contribution in [3.8, 4) is 10.4 Å². The van der Waals surface area contributed by atoms with Crippen LogP contribution in [-0.4, -0.2) is 78.1 Å². The maximum absolute atomic E-state index is 14.9. The van der Waals surface area contributed by atoms with Crippen LogP contribution >= 0.6 is 11.3 Å². The average Bonchev–Trinajstić information content (AvgIpc) is 3.59. The minimum Gasteiger partial charge on any atom is -0.383 e. The van der Waals surface area contributed by atoms with E-state index < -0.39 is 29.4 Å². The topological polar surface area (TPSA) is 89.1 Å². The molecule has 0 fully saturated rings. The molecule has 0 bridgehead atoms. The van der Waals surface area contributed by atoms with Crippen LogP contribution < -0.4 is 11.2 Å². The predicted octanol–water partition coefficient (Wildman–Crippen LogP) is 3.97. The second-order valence-corrected chi connectivity index (χ2v) is 11.9. The molecule has 0 saturated heterocycles. The first-order valence-electron chi connectivity index (χ1n) is 14.4. The van der Waals surface area contributed by atoms with Crippen LogP contribution in [-0.2, 0) is 29.0 Å². The normalized spacial score (nSPS) is 13.3. The lowest BCUT2D eigenvalue weighted by atomic mass is 10.0. The minimum atomic E-state index is -0.786. The first-order chi connectivity index (χ1) is 21.1. The van der Waals surface area contributed by atoms with Gasteiger partial charge in [-0.1, -0.05) is 37.3 Å². The number of likely N-dealkylation sites (N-methyl/N-ethyl adjacent to an activating group) is 2. The van der Waals surface area contributed by atoms with Crippen LogP contribution in [0.25, 0.3) is 20.7 Å². The fraction of sp³-hybridized carbons (Fsp3) is 0.375. The van der Waals surface area contributed by atoms with Gasteiger partial charge in [0.15, 0.2) is 0 Å². The summed E-state index contributed by atoms with van der Waals surface area (Å²) in [6.45, 7) is 3.74. The number of carbonyl (C=O) groups excluding carboxylic acids is 1. The molecule has 44 heavy (non-hydrogen) atoms. The number of aliphatic imine (C=N–C) groups is 1. The van der Waals surface area contributed by atoms with Gasteiger partial charge in [0.2, 0.25) is 5.96 Å². The number of benzene rings is 2. The summed E-state index contributed by atoms with van der Waals surface area (Å²) in [4.78, 5) is 49.6. The van der Waals surface area contributed by atoms with Gasteiger partial charge in [-0.25, -0.2) is 13.6 Å². The Hall–Kier alpha value is -4.00. The number of aromatic nitrogens is 2. The monoisotopic (exact) mass is 623 g/mol. The second-order valence-electron chi connectivity index (χ2n) is 10.9. The van der Waals surface area contributed by atoms with Crippen LogP contribution in [0.1, 0.15) is 30.0 Å². The van der Waals surface area contributed by atoms with Crippen LogP contribution in [0.3, 0.4) is 0 Å². The molecule has 1 aliphatic rings. The van der Waals surface area contributed by atoms with E-state index in [0.717, 1.165) is 32.7 Å². The number of Topliss-reactive ketones (excluding diaryl/α,β-unsaturated/α-hetero) is 1. The molecule has 0 atom stereocenters. The summed E-state index contributed by atoms with van der Waals surface area (Å²) < 4.78 is 37.4. The fourth-order valence-corrected chi connectivity index (χ4v) is 6.60. The molecule has 5 rings (SSSR count). The number of halogens is 2. The predicted molar refractivity (Wildman–Crippen MR) is 169 cm³/mol. The number of nitrogens with zero attached hydrogens (tertiary/aromatic N) is 5. The van der Waals surface area contributed by atoms with E-state index in [0.29, 0.717) is 61.4 Å². The van der Waals surface area contributed by atoms with Crippen LogP contribution in [0.4, 0.5) is 8.78 Å². The molecular formula is C32H35F2N5O4S. The van der Waals surface area contributed by atoms with Crippen LogP contribution in [0.5, 0.6) is 0 Å². The SMILES string of the molecule is CCC(=O)Cc1ccc(-c2sc3c(c2CN(C)CCOC)c(=O)n(C2=NCCN2C)c(=O)n3Cc2c(F)cccc2F)cc1. The summed E-state index contributed by atoms with van der Waals surface area (Å²) in [6.07, 6.45) is 0.771. The van der Waals surface area contributed by atoms with Crippen LogP contribution in [0, 0.1) is 11.6 Å². The van der Waals surface area contributed by atoms with E-state index in [1.54, 1.807) is 19.1 Å². The Morgan fingerprint density at radius 1 is 1.09 bits per heavy atom. The summed E-state index contributed by atoms with van der Waals surface area (Å²) in [5.41, 5.74) is 0.817. The van der Waals surface area contributed by atoms with Gasteiger partial charge >= 0.3 is 5.69 Å². The summed E-state index contributed by atoms with van der Waals surface area (Å²) in [7, 11) is 5.26. The molecule has 0 saturated carbocycles. The zero-order valence-electron chi connectivity index (χ0n) is 25.2. The molecule has 1 aliphatic heterocycles. The van der Waals surface area contributed by atoms with E-state index in [-0.39, 0.29) is 17.3 Å². The van der Waals surface area contributed by atoms with Crippen LogP contribution in [0.15, 0.2) is 57.0 Å². The number of hydrogen-bond acceptors (Lipinski definition) is 8. The maximum Gasteiger partial charge on any atom is 0.339 e. The fourth-order valence-electron chi connectivity index (χ4n) is 5.29. The van der Waals surface area contributed by atoms with Gasteiger partial charge in [-0.2, -0.15) is 4.57 Å². The van der Waals surface area contributed by atoms with Gasteiger partial charge in [0.25, 0.3) is 5.56 Å². The van der Waals surface area contributed by atoms with E-state index >= 15 is 0 Å². The highest BCUT2D eigenvalue weighted by Crippen LogP contribution is 2.38. The molecule has 3 heterocycles. The van der Waals surface area contributed by atoms with Crippen molar-refractivity contribution in [3.63, 3.8) is 0 Å². The highest BCUT2D eigenvalue weighted by Gasteiger charge is 2.28. The third-order valence-corrected chi connectivity index (χ3v) is 9.10. The highest BCUT2D eigenvalue weighted by atomic mass is 32.1. The van der Waals surface area contributed by atoms with Crippen molar-refractivity contribution >= 4 is 33.3 Å². The van der Waals surface area contributed by atoms with Gasteiger partial charge in [0.1, 0.15) is 22.2 Å². The molecule has 9 nitrogen and oxygen atoms in total. The van der Waals surface area contributed by atoms with E-state index in [9.17, 15) is 23.2 Å². The number of ketones is 1.